The van der Waals surface area contributed by atoms with E-state index in [0.29, 0.717) is 39.2 Å². The highest BCUT2D eigenvalue weighted by Crippen LogP contribution is 2.42. The number of ether oxygens (including phenoxy) is 1. The second-order valence-electron chi connectivity index (χ2n) is 7.16. The van der Waals surface area contributed by atoms with Crippen LogP contribution in [0.5, 0.6) is 5.75 Å². The summed E-state index contributed by atoms with van der Waals surface area (Å²) in [6.45, 7) is 2.39. The highest BCUT2D eigenvalue weighted by atomic mass is 35.5. The summed E-state index contributed by atoms with van der Waals surface area (Å²) in [5.74, 6) is -1.16. The van der Waals surface area contributed by atoms with Crippen molar-refractivity contribution < 1.29 is 19.4 Å². The molecule has 0 spiro atoms. The van der Waals surface area contributed by atoms with E-state index in [4.69, 9.17) is 27.9 Å². The Morgan fingerprint density at radius 1 is 0.969 bits per heavy atom. The lowest BCUT2D eigenvalue weighted by atomic mass is 9.95. The number of nitrogens with zero attached hydrogens (tertiary/aromatic N) is 1. The molecule has 1 saturated heterocycles. The molecule has 1 heterocycles. The largest absolute Gasteiger partial charge is 0.507 e. The zero-order chi connectivity index (χ0) is 22.8. The number of Topliss-reactive ketones (excluding diaryl/α,β-unsaturated/α-hetero) is 1. The SMILES string of the molecule is CCOc1ccc(N2C(=O)C(=O)/C(=C(\O)c3cccc(Cl)c3)C2c2ccc(Cl)cc2)cc1. The van der Waals surface area contributed by atoms with E-state index in [1.807, 2.05) is 6.92 Å². The van der Waals surface area contributed by atoms with Gasteiger partial charge in [0.25, 0.3) is 11.7 Å². The lowest BCUT2D eigenvalue weighted by Gasteiger charge is -2.25. The molecular formula is C25H19Cl2NO4. The number of rotatable bonds is 5. The van der Waals surface area contributed by atoms with Crippen LogP contribution in [0.2, 0.25) is 10.0 Å². The Morgan fingerprint density at radius 3 is 2.28 bits per heavy atom. The average molecular weight is 468 g/mol. The van der Waals surface area contributed by atoms with Crippen LogP contribution in [-0.4, -0.2) is 23.4 Å². The van der Waals surface area contributed by atoms with Crippen LogP contribution in [0.15, 0.2) is 78.4 Å². The minimum Gasteiger partial charge on any atom is -0.507 e. The highest BCUT2D eigenvalue weighted by Gasteiger charge is 2.46. The minimum absolute atomic E-state index is 0.0199. The Hall–Kier alpha value is -3.28. The van der Waals surface area contributed by atoms with Crippen LogP contribution < -0.4 is 9.64 Å². The van der Waals surface area contributed by atoms with Gasteiger partial charge in [0.2, 0.25) is 0 Å². The Bertz CT molecular complexity index is 1200. The van der Waals surface area contributed by atoms with Gasteiger partial charge in [0.05, 0.1) is 18.2 Å². The molecule has 4 rings (SSSR count). The number of hydrogen-bond acceptors (Lipinski definition) is 4. The molecule has 3 aromatic rings. The van der Waals surface area contributed by atoms with E-state index in [1.54, 1.807) is 72.8 Å². The zero-order valence-corrected chi connectivity index (χ0v) is 18.6. The van der Waals surface area contributed by atoms with Crippen molar-refractivity contribution in [2.45, 2.75) is 13.0 Å². The third kappa shape index (κ3) is 4.09. The molecule has 1 amide bonds. The molecule has 1 N–H and O–H groups in total. The smallest absolute Gasteiger partial charge is 0.300 e. The Labute approximate surface area is 195 Å². The molecule has 7 heteroatoms. The number of aliphatic hydroxyl groups excluding tert-OH is 1. The van der Waals surface area contributed by atoms with E-state index in [-0.39, 0.29) is 11.3 Å². The summed E-state index contributed by atoms with van der Waals surface area (Å²) < 4.78 is 5.48. The maximum absolute atomic E-state index is 13.1. The van der Waals surface area contributed by atoms with Gasteiger partial charge < -0.3 is 9.84 Å². The fraction of sp³-hybridized carbons (Fsp3) is 0.120. The van der Waals surface area contributed by atoms with Crippen LogP contribution in [0, 0.1) is 0 Å². The number of hydrogen-bond donors (Lipinski definition) is 1. The molecule has 32 heavy (non-hydrogen) atoms. The van der Waals surface area contributed by atoms with Gasteiger partial charge in [-0.05, 0) is 61.0 Å². The highest BCUT2D eigenvalue weighted by molar-refractivity contribution is 6.51. The number of carbonyl (C=O) groups excluding carboxylic acids is 2. The van der Waals surface area contributed by atoms with Gasteiger partial charge in [-0.2, -0.15) is 0 Å². The van der Waals surface area contributed by atoms with Gasteiger partial charge in [-0.25, -0.2) is 0 Å². The van der Waals surface area contributed by atoms with E-state index in [2.05, 4.69) is 0 Å². The first-order valence-electron chi connectivity index (χ1n) is 9.96. The molecular weight excluding hydrogens is 449 g/mol. The lowest BCUT2D eigenvalue weighted by molar-refractivity contribution is -0.132. The van der Waals surface area contributed by atoms with Crippen molar-refractivity contribution in [3.63, 3.8) is 0 Å². The second-order valence-corrected chi connectivity index (χ2v) is 8.03. The van der Waals surface area contributed by atoms with Crippen LogP contribution in [-0.2, 0) is 9.59 Å². The molecule has 5 nitrogen and oxygen atoms in total. The summed E-state index contributed by atoms with van der Waals surface area (Å²) in [7, 11) is 0. The van der Waals surface area contributed by atoms with E-state index in [9.17, 15) is 14.7 Å². The van der Waals surface area contributed by atoms with E-state index < -0.39 is 17.7 Å². The number of carbonyl (C=O) groups is 2. The molecule has 1 fully saturated rings. The maximum atomic E-state index is 13.1. The van der Waals surface area contributed by atoms with Crippen molar-refractivity contribution >= 4 is 46.3 Å². The minimum atomic E-state index is -0.843. The van der Waals surface area contributed by atoms with Gasteiger partial charge in [-0.3, -0.25) is 14.5 Å². The normalized spacial score (nSPS) is 17.6. The Balaban J connectivity index is 1.89. The quantitative estimate of drug-likeness (QED) is 0.283. The van der Waals surface area contributed by atoms with Crippen LogP contribution in [0.25, 0.3) is 5.76 Å². The van der Waals surface area contributed by atoms with E-state index in [0.717, 1.165) is 0 Å². The van der Waals surface area contributed by atoms with Gasteiger partial charge in [0.15, 0.2) is 0 Å². The molecule has 162 valence electrons. The summed E-state index contributed by atoms with van der Waals surface area (Å²) in [4.78, 5) is 27.6. The molecule has 0 aromatic heterocycles. The van der Waals surface area contributed by atoms with Crippen LogP contribution in [0.4, 0.5) is 5.69 Å². The first-order chi connectivity index (χ1) is 15.4. The lowest BCUT2D eigenvalue weighted by Crippen LogP contribution is -2.29. The van der Waals surface area contributed by atoms with Gasteiger partial charge in [-0.1, -0.05) is 47.5 Å². The monoisotopic (exact) mass is 467 g/mol. The maximum Gasteiger partial charge on any atom is 0.300 e. The number of aliphatic hydroxyl groups is 1. The van der Waals surface area contributed by atoms with Crippen molar-refractivity contribution in [3.8, 4) is 5.75 Å². The van der Waals surface area contributed by atoms with E-state index in [1.165, 1.54) is 4.90 Å². The predicted molar refractivity (Wildman–Crippen MR) is 125 cm³/mol. The van der Waals surface area contributed by atoms with Crippen LogP contribution in [0.3, 0.4) is 0 Å². The molecule has 1 unspecified atom stereocenters. The van der Waals surface area contributed by atoms with Gasteiger partial charge in [0, 0.05) is 21.3 Å². The molecule has 0 aliphatic carbocycles. The van der Waals surface area contributed by atoms with Crippen molar-refractivity contribution in [1.82, 2.24) is 0 Å². The first-order valence-corrected chi connectivity index (χ1v) is 10.7. The molecule has 3 aromatic carbocycles. The van der Waals surface area contributed by atoms with Gasteiger partial charge >= 0.3 is 0 Å². The van der Waals surface area contributed by atoms with Crippen molar-refractivity contribution in [3.05, 3.63) is 99.5 Å². The molecule has 0 radical (unpaired) electrons. The Kier molecular flexibility index (Phi) is 6.21. The fourth-order valence-electron chi connectivity index (χ4n) is 3.72. The van der Waals surface area contributed by atoms with Crippen LogP contribution >= 0.6 is 23.2 Å². The summed E-state index contributed by atoms with van der Waals surface area (Å²) in [5.41, 5.74) is 1.46. The summed E-state index contributed by atoms with van der Waals surface area (Å²) in [6.07, 6.45) is 0. The van der Waals surface area contributed by atoms with Crippen molar-refractivity contribution in [2.24, 2.45) is 0 Å². The van der Waals surface area contributed by atoms with Crippen LogP contribution in [0.1, 0.15) is 24.1 Å². The van der Waals surface area contributed by atoms with Gasteiger partial charge in [0.1, 0.15) is 11.5 Å². The summed E-state index contributed by atoms with van der Waals surface area (Å²) >= 11 is 12.1. The van der Waals surface area contributed by atoms with Crippen molar-refractivity contribution in [2.75, 3.05) is 11.5 Å². The Morgan fingerprint density at radius 2 is 1.66 bits per heavy atom. The molecule has 0 saturated carbocycles. The fourth-order valence-corrected chi connectivity index (χ4v) is 4.04. The predicted octanol–water partition coefficient (Wildman–Crippen LogP) is 6.02. The average Bonchev–Trinajstić information content (AvgIpc) is 3.05. The zero-order valence-electron chi connectivity index (χ0n) is 17.1. The van der Waals surface area contributed by atoms with E-state index >= 15 is 0 Å². The molecule has 1 aliphatic heterocycles. The number of ketones is 1. The number of halogens is 2. The van der Waals surface area contributed by atoms with Crippen molar-refractivity contribution in [1.29, 1.82) is 0 Å². The molecule has 0 bridgehead atoms. The summed E-state index contributed by atoms with van der Waals surface area (Å²) in [6, 6.07) is 19.3. The number of anilines is 1. The third-order valence-electron chi connectivity index (χ3n) is 5.15. The number of amides is 1. The van der Waals surface area contributed by atoms with Gasteiger partial charge in [-0.15, -0.1) is 0 Å². The molecule has 1 aliphatic rings. The third-order valence-corrected chi connectivity index (χ3v) is 5.64. The topological polar surface area (TPSA) is 66.8 Å². The standard InChI is InChI=1S/C25H19Cl2NO4/c1-2-32-20-12-10-19(11-13-20)28-22(15-6-8-17(26)9-7-15)21(24(30)25(28)31)23(29)16-4-3-5-18(27)14-16/h3-14,22,29H,2H2,1H3/b23-21-. The first kappa shape index (κ1) is 21.9. The molecule has 1 atom stereocenters. The second kappa shape index (κ2) is 9.07. The number of benzene rings is 3. The summed E-state index contributed by atoms with van der Waals surface area (Å²) in [5, 5.41) is 12.0.